The summed E-state index contributed by atoms with van der Waals surface area (Å²) in [5.41, 5.74) is 2.33. The van der Waals surface area contributed by atoms with E-state index >= 15 is 0 Å². The lowest BCUT2D eigenvalue weighted by Crippen LogP contribution is -2.26. The molecule has 3 aromatic heterocycles. The van der Waals surface area contributed by atoms with Crippen LogP contribution < -0.4 is 10.4 Å². The van der Waals surface area contributed by atoms with E-state index in [2.05, 4.69) is 20.2 Å². The minimum Gasteiger partial charge on any atom is -0.493 e. The molecule has 1 N–H and O–H groups in total. The Morgan fingerprint density at radius 2 is 2.04 bits per heavy atom. The zero-order valence-electron chi connectivity index (χ0n) is 13.4. The van der Waals surface area contributed by atoms with Crippen molar-refractivity contribution in [3.05, 3.63) is 41.1 Å². The summed E-state index contributed by atoms with van der Waals surface area (Å²) >= 11 is 0. The molecule has 8 heteroatoms. The Balaban J connectivity index is 2.05. The fourth-order valence-corrected chi connectivity index (χ4v) is 2.84. The van der Waals surface area contributed by atoms with E-state index in [1.165, 1.54) is 10.7 Å². The van der Waals surface area contributed by atoms with E-state index < -0.39 is 0 Å². The number of aromatic amines is 1. The van der Waals surface area contributed by atoms with Gasteiger partial charge in [0.25, 0.3) is 0 Å². The normalized spacial score (nSPS) is 11.4. The zero-order chi connectivity index (χ0) is 16.7. The maximum atomic E-state index is 12.5. The molecule has 0 aliphatic rings. The molecule has 0 spiro atoms. The molecule has 4 rings (SSSR count). The first-order valence-electron chi connectivity index (χ1n) is 7.79. The van der Waals surface area contributed by atoms with Gasteiger partial charge in [-0.15, -0.1) is 10.2 Å². The summed E-state index contributed by atoms with van der Waals surface area (Å²) in [5.74, 6) is 1.37. The number of ether oxygens (including phenoxy) is 1. The average molecular weight is 324 g/mol. The number of fused-ring (bicyclic) bond motifs is 3. The minimum absolute atomic E-state index is 0.207. The molecule has 0 aliphatic heterocycles. The van der Waals surface area contributed by atoms with Crippen LogP contribution in [0.2, 0.25) is 0 Å². The van der Waals surface area contributed by atoms with Crippen LogP contribution in [0.4, 0.5) is 0 Å². The number of hydrogen-bond donors (Lipinski definition) is 1. The van der Waals surface area contributed by atoms with E-state index in [4.69, 9.17) is 4.74 Å². The molecule has 3 heterocycles. The Hall–Kier alpha value is -3.16. The van der Waals surface area contributed by atoms with Crippen LogP contribution in [0, 0.1) is 0 Å². The average Bonchev–Trinajstić information content (AvgIpc) is 3.23. The molecule has 0 fully saturated rings. The molecule has 0 bridgehead atoms. The fraction of sp³-hybridized carbons (Fsp3) is 0.250. The first-order valence-corrected chi connectivity index (χ1v) is 7.79. The van der Waals surface area contributed by atoms with E-state index in [0.717, 1.165) is 11.3 Å². The summed E-state index contributed by atoms with van der Waals surface area (Å²) < 4.78 is 8.69. The Morgan fingerprint density at radius 1 is 1.21 bits per heavy atom. The Labute approximate surface area is 136 Å². The highest BCUT2D eigenvalue weighted by molar-refractivity contribution is 5.88. The van der Waals surface area contributed by atoms with Crippen LogP contribution in [0.15, 0.2) is 35.4 Å². The molecule has 0 amide bonds. The number of hydrogen-bond acceptors (Lipinski definition) is 5. The van der Waals surface area contributed by atoms with Gasteiger partial charge < -0.3 is 9.72 Å². The van der Waals surface area contributed by atoms with Crippen LogP contribution >= 0.6 is 0 Å². The lowest BCUT2D eigenvalue weighted by atomic mass is 10.2. The molecular weight excluding hydrogens is 308 g/mol. The lowest BCUT2D eigenvalue weighted by molar-refractivity contribution is 0.341. The van der Waals surface area contributed by atoms with Crippen LogP contribution in [0.3, 0.4) is 0 Å². The largest absolute Gasteiger partial charge is 0.493 e. The number of benzene rings is 1. The summed E-state index contributed by atoms with van der Waals surface area (Å²) in [6.07, 6.45) is 1.41. The number of nitrogens with zero attached hydrogens (tertiary/aromatic N) is 5. The number of aromatic nitrogens is 6. The number of para-hydroxylation sites is 1. The van der Waals surface area contributed by atoms with Gasteiger partial charge >= 0.3 is 5.69 Å². The van der Waals surface area contributed by atoms with E-state index in [1.807, 2.05) is 38.1 Å². The predicted octanol–water partition coefficient (Wildman–Crippen LogP) is 1.85. The van der Waals surface area contributed by atoms with Gasteiger partial charge in [-0.05, 0) is 26.0 Å². The first kappa shape index (κ1) is 14.4. The highest BCUT2D eigenvalue weighted by atomic mass is 16.5. The van der Waals surface area contributed by atoms with Crippen molar-refractivity contribution in [2.45, 2.75) is 20.4 Å². The summed E-state index contributed by atoms with van der Waals surface area (Å²) in [6.45, 7) is 4.90. The molecule has 0 unspecified atom stereocenters. The van der Waals surface area contributed by atoms with Gasteiger partial charge in [-0.25, -0.2) is 14.2 Å². The van der Waals surface area contributed by atoms with Gasteiger partial charge in [-0.3, -0.25) is 4.57 Å². The summed E-state index contributed by atoms with van der Waals surface area (Å²) in [5, 5.41) is 7.89. The second-order valence-electron chi connectivity index (χ2n) is 5.26. The third-order valence-electron chi connectivity index (χ3n) is 3.91. The maximum Gasteiger partial charge on any atom is 0.336 e. The van der Waals surface area contributed by atoms with Gasteiger partial charge in [0.15, 0.2) is 11.3 Å². The van der Waals surface area contributed by atoms with Crippen molar-refractivity contribution < 1.29 is 4.74 Å². The Kier molecular flexibility index (Phi) is 3.30. The SMILES string of the molecule is CCOc1ccccc1-c1nc2c([nH]1)c1nncn1c(=O)n2CC. The Bertz CT molecular complexity index is 1090. The third-order valence-corrected chi connectivity index (χ3v) is 3.91. The van der Waals surface area contributed by atoms with Gasteiger partial charge in [0.1, 0.15) is 23.4 Å². The monoisotopic (exact) mass is 324 g/mol. The van der Waals surface area contributed by atoms with E-state index in [1.54, 1.807) is 4.57 Å². The maximum absolute atomic E-state index is 12.5. The smallest absolute Gasteiger partial charge is 0.336 e. The topological polar surface area (TPSA) is 90.1 Å². The summed E-state index contributed by atoms with van der Waals surface area (Å²) in [4.78, 5) is 20.4. The molecular formula is C16H16N6O2. The van der Waals surface area contributed by atoms with Gasteiger partial charge in [0.05, 0.1) is 12.2 Å². The molecule has 24 heavy (non-hydrogen) atoms. The number of imidazole rings is 1. The first-order chi connectivity index (χ1) is 11.7. The molecule has 0 saturated carbocycles. The molecule has 1 aromatic carbocycles. The van der Waals surface area contributed by atoms with Crippen molar-refractivity contribution in [3.8, 4) is 17.1 Å². The van der Waals surface area contributed by atoms with Gasteiger partial charge in [0.2, 0.25) is 0 Å². The standard InChI is InChI=1S/C16H16N6O2/c1-3-21-14-12(15-20-17-9-22(15)16(21)23)18-13(19-14)10-7-5-6-8-11(10)24-4-2/h5-9H,3-4H2,1-2H3,(H,18,19). The summed E-state index contributed by atoms with van der Waals surface area (Å²) in [6, 6.07) is 7.66. The molecule has 0 saturated heterocycles. The molecule has 0 aliphatic carbocycles. The molecule has 8 nitrogen and oxygen atoms in total. The third kappa shape index (κ3) is 1.99. The van der Waals surface area contributed by atoms with E-state index in [9.17, 15) is 4.79 Å². The quantitative estimate of drug-likeness (QED) is 0.619. The summed E-state index contributed by atoms with van der Waals surface area (Å²) in [7, 11) is 0. The number of nitrogens with one attached hydrogen (secondary N) is 1. The number of H-pyrrole nitrogens is 1. The lowest BCUT2D eigenvalue weighted by Gasteiger charge is -2.07. The van der Waals surface area contributed by atoms with Crippen LogP contribution in [0.5, 0.6) is 5.75 Å². The molecule has 122 valence electrons. The number of aryl methyl sites for hydroxylation is 1. The molecule has 0 radical (unpaired) electrons. The van der Waals surface area contributed by atoms with Gasteiger partial charge in [0, 0.05) is 6.54 Å². The van der Waals surface area contributed by atoms with Crippen molar-refractivity contribution in [1.82, 2.24) is 29.1 Å². The highest BCUT2D eigenvalue weighted by Gasteiger charge is 2.18. The van der Waals surface area contributed by atoms with Crippen LogP contribution in [0.1, 0.15) is 13.8 Å². The highest BCUT2D eigenvalue weighted by Crippen LogP contribution is 2.29. The zero-order valence-corrected chi connectivity index (χ0v) is 13.4. The van der Waals surface area contributed by atoms with E-state index in [0.29, 0.717) is 35.8 Å². The second-order valence-corrected chi connectivity index (χ2v) is 5.26. The van der Waals surface area contributed by atoms with Crippen LogP contribution in [0.25, 0.3) is 28.2 Å². The van der Waals surface area contributed by atoms with Gasteiger partial charge in [-0.2, -0.15) is 0 Å². The van der Waals surface area contributed by atoms with Crippen molar-refractivity contribution in [3.63, 3.8) is 0 Å². The fourth-order valence-electron chi connectivity index (χ4n) is 2.84. The van der Waals surface area contributed by atoms with Crippen molar-refractivity contribution in [2.24, 2.45) is 0 Å². The molecule has 0 atom stereocenters. The van der Waals surface area contributed by atoms with Crippen molar-refractivity contribution in [1.29, 1.82) is 0 Å². The predicted molar refractivity (Wildman–Crippen MR) is 89.2 cm³/mol. The van der Waals surface area contributed by atoms with E-state index in [-0.39, 0.29) is 5.69 Å². The van der Waals surface area contributed by atoms with Crippen molar-refractivity contribution >= 4 is 16.8 Å². The van der Waals surface area contributed by atoms with Gasteiger partial charge in [-0.1, -0.05) is 12.1 Å². The minimum atomic E-state index is -0.207. The number of rotatable bonds is 4. The van der Waals surface area contributed by atoms with Crippen LogP contribution in [-0.2, 0) is 6.54 Å². The Morgan fingerprint density at radius 3 is 2.83 bits per heavy atom. The molecule has 4 aromatic rings. The van der Waals surface area contributed by atoms with Crippen molar-refractivity contribution in [2.75, 3.05) is 6.61 Å². The van der Waals surface area contributed by atoms with Crippen LogP contribution in [-0.4, -0.2) is 35.7 Å². The second kappa shape index (κ2) is 5.48.